The predicted molar refractivity (Wildman–Crippen MR) is 77.1 cm³/mol. The van der Waals surface area contributed by atoms with Crippen LogP contribution in [-0.2, 0) is 30.1 Å². The molecule has 0 aromatic heterocycles. The molecule has 1 atom stereocenters. The lowest BCUT2D eigenvalue weighted by molar-refractivity contribution is -0.0778. The molecular formula is C16H22O6. The van der Waals surface area contributed by atoms with Gasteiger partial charge in [-0.3, -0.25) is 0 Å². The van der Waals surface area contributed by atoms with Gasteiger partial charge in [-0.05, 0) is 12.0 Å². The van der Waals surface area contributed by atoms with Gasteiger partial charge in [-0.1, -0.05) is 18.2 Å². The molecule has 6 heteroatoms. The van der Waals surface area contributed by atoms with Crippen LogP contribution in [0, 0.1) is 0 Å². The standard InChI is InChI=1S/C16H22O6/c1-18-14(17)5-3-11-2-4-12(15-19-6-7-20-15)13(10-11)16-21-8-9-22-16/h2,4,10,14-17H,3,5-9H2,1H3. The molecule has 2 aliphatic rings. The van der Waals surface area contributed by atoms with Crippen LogP contribution in [-0.4, -0.2) is 44.9 Å². The van der Waals surface area contributed by atoms with Crippen LogP contribution in [0.3, 0.4) is 0 Å². The van der Waals surface area contributed by atoms with Crippen LogP contribution in [0.25, 0.3) is 0 Å². The average molecular weight is 310 g/mol. The van der Waals surface area contributed by atoms with Crippen molar-refractivity contribution in [3.8, 4) is 0 Å². The minimum absolute atomic E-state index is 0.360. The number of hydrogen-bond acceptors (Lipinski definition) is 6. The number of rotatable bonds is 6. The molecule has 2 saturated heterocycles. The molecule has 0 radical (unpaired) electrons. The molecule has 22 heavy (non-hydrogen) atoms. The summed E-state index contributed by atoms with van der Waals surface area (Å²) in [6.45, 7) is 2.36. The highest BCUT2D eigenvalue weighted by atomic mass is 16.7. The van der Waals surface area contributed by atoms with E-state index >= 15 is 0 Å². The maximum Gasteiger partial charge on any atom is 0.184 e. The highest BCUT2D eigenvalue weighted by Gasteiger charge is 2.28. The Morgan fingerprint density at radius 2 is 1.64 bits per heavy atom. The van der Waals surface area contributed by atoms with Gasteiger partial charge in [-0.25, -0.2) is 0 Å². The molecule has 2 fully saturated rings. The summed E-state index contributed by atoms with van der Waals surface area (Å²) in [6, 6.07) is 6.05. The van der Waals surface area contributed by atoms with E-state index in [0.717, 1.165) is 16.7 Å². The van der Waals surface area contributed by atoms with E-state index < -0.39 is 6.29 Å². The smallest absolute Gasteiger partial charge is 0.184 e. The number of ether oxygens (including phenoxy) is 5. The summed E-state index contributed by atoms with van der Waals surface area (Å²) in [5, 5.41) is 9.52. The molecule has 2 heterocycles. The minimum Gasteiger partial charge on any atom is -0.368 e. The zero-order chi connectivity index (χ0) is 15.4. The Kier molecular flexibility index (Phi) is 5.41. The number of aliphatic hydroxyl groups is 1. The van der Waals surface area contributed by atoms with Crippen LogP contribution >= 0.6 is 0 Å². The van der Waals surface area contributed by atoms with Gasteiger partial charge >= 0.3 is 0 Å². The number of aryl methyl sites for hydroxylation is 1. The van der Waals surface area contributed by atoms with E-state index in [0.29, 0.717) is 39.3 Å². The van der Waals surface area contributed by atoms with E-state index in [-0.39, 0.29) is 12.6 Å². The summed E-state index contributed by atoms with van der Waals surface area (Å²) in [5.41, 5.74) is 2.97. The zero-order valence-electron chi connectivity index (χ0n) is 12.7. The molecule has 1 N–H and O–H groups in total. The van der Waals surface area contributed by atoms with Gasteiger partial charge in [0.15, 0.2) is 18.9 Å². The highest BCUT2D eigenvalue weighted by molar-refractivity contribution is 5.34. The van der Waals surface area contributed by atoms with Gasteiger partial charge in [0.2, 0.25) is 0 Å². The lowest BCUT2D eigenvalue weighted by Crippen LogP contribution is -2.11. The minimum atomic E-state index is -0.747. The van der Waals surface area contributed by atoms with Crippen molar-refractivity contribution in [3.05, 3.63) is 34.9 Å². The first-order valence-corrected chi connectivity index (χ1v) is 7.58. The second kappa shape index (κ2) is 7.50. The third-order valence-corrected chi connectivity index (χ3v) is 3.85. The Balaban J connectivity index is 1.80. The third kappa shape index (κ3) is 3.65. The first-order chi connectivity index (χ1) is 10.8. The Labute approximate surface area is 129 Å². The van der Waals surface area contributed by atoms with E-state index in [1.54, 1.807) is 0 Å². The van der Waals surface area contributed by atoms with Gasteiger partial charge in [0.25, 0.3) is 0 Å². The van der Waals surface area contributed by atoms with Crippen molar-refractivity contribution in [2.24, 2.45) is 0 Å². The fourth-order valence-electron chi connectivity index (χ4n) is 2.68. The van der Waals surface area contributed by atoms with Gasteiger partial charge in [0, 0.05) is 24.7 Å². The van der Waals surface area contributed by atoms with Crippen LogP contribution in [0.4, 0.5) is 0 Å². The van der Waals surface area contributed by atoms with Gasteiger partial charge in [-0.15, -0.1) is 0 Å². The molecule has 0 saturated carbocycles. The van der Waals surface area contributed by atoms with Crippen molar-refractivity contribution < 1.29 is 28.8 Å². The molecule has 0 spiro atoms. The van der Waals surface area contributed by atoms with Gasteiger partial charge in [0.05, 0.1) is 26.4 Å². The first kappa shape index (κ1) is 15.9. The van der Waals surface area contributed by atoms with Crippen molar-refractivity contribution in [2.75, 3.05) is 33.5 Å². The lowest BCUT2D eigenvalue weighted by atomic mass is 10.00. The maximum absolute atomic E-state index is 9.52. The Hall–Kier alpha value is -1.02. The van der Waals surface area contributed by atoms with Crippen LogP contribution < -0.4 is 0 Å². The maximum atomic E-state index is 9.52. The molecule has 1 aromatic rings. The van der Waals surface area contributed by atoms with E-state index in [1.165, 1.54) is 7.11 Å². The SMILES string of the molecule is COC(O)CCc1ccc(C2OCCO2)c(C2OCCO2)c1. The number of aliphatic hydroxyl groups excluding tert-OH is 1. The average Bonchev–Trinajstić information content (AvgIpc) is 3.25. The summed E-state index contributed by atoms with van der Waals surface area (Å²) in [6.07, 6.45) is -0.237. The summed E-state index contributed by atoms with van der Waals surface area (Å²) in [7, 11) is 1.49. The summed E-state index contributed by atoms with van der Waals surface area (Å²) in [4.78, 5) is 0. The van der Waals surface area contributed by atoms with Crippen LogP contribution in [0.15, 0.2) is 18.2 Å². The van der Waals surface area contributed by atoms with Crippen molar-refractivity contribution in [1.82, 2.24) is 0 Å². The zero-order valence-corrected chi connectivity index (χ0v) is 12.7. The molecule has 3 rings (SSSR count). The van der Waals surface area contributed by atoms with E-state index in [1.807, 2.05) is 18.2 Å². The van der Waals surface area contributed by atoms with E-state index in [9.17, 15) is 5.11 Å². The molecule has 0 amide bonds. The van der Waals surface area contributed by atoms with Gasteiger partial charge in [0.1, 0.15) is 0 Å². The predicted octanol–water partition coefficient (Wildman–Crippen LogP) is 1.67. The lowest BCUT2D eigenvalue weighted by Gasteiger charge is -2.19. The van der Waals surface area contributed by atoms with Crippen molar-refractivity contribution in [3.63, 3.8) is 0 Å². The normalized spacial score (nSPS) is 21.5. The topological polar surface area (TPSA) is 66.4 Å². The fourth-order valence-corrected chi connectivity index (χ4v) is 2.68. The quantitative estimate of drug-likeness (QED) is 0.806. The molecule has 122 valence electrons. The summed E-state index contributed by atoms with van der Waals surface area (Å²) >= 11 is 0. The molecule has 1 aromatic carbocycles. The van der Waals surface area contributed by atoms with Crippen molar-refractivity contribution in [2.45, 2.75) is 31.7 Å². The molecule has 6 nitrogen and oxygen atoms in total. The fraction of sp³-hybridized carbons (Fsp3) is 0.625. The second-order valence-corrected chi connectivity index (χ2v) is 5.34. The van der Waals surface area contributed by atoms with Crippen molar-refractivity contribution >= 4 is 0 Å². The Morgan fingerprint density at radius 1 is 1.05 bits per heavy atom. The second-order valence-electron chi connectivity index (χ2n) is 5.34. The van der Waals surface area contributed by atoms with Crippen LogP contribution in [0.1, 0.15) is 35.7 Å². The molecular weight excluding hydrogens is 288 g/mol. The van der Waals surface area contributed by atoms with Crippen molar-refractivity contribution in [1.29, 1.82) is 0 Å². The highest BCUT2D eigenvalue weighted by Crippen LogP contribution is 2.34. The molecule has 1 unspecified atom stereocenters. The Bertz CT molecular complexity index is 480. The number of benzene rings is 1. The largest absolute Gasteiger partial charge is 0.368 e. The van der Waals surface area contributed by atoms with E-state index in [4.69, 9.17) is 23.7 Å². The summed E-state index contributed by atoms with van der Waals surface area (Å²) < 4.78 is 27.3. The number of hydrogen-bond donors (Lipinski definition) is 1. The molecule has 0 bridgehead atoms. The van der Waals surface area contributed by atoms with Crippen LogP contribution in [0.2, 0.25) is 0 Å². The number of methoxy groups -OCH3 is 1. The monoisotopic (exact) mass is 310 g/mol. The van der Waals surface area contributed by atoms with Gasteiger partial charge < -0.3 is 28.8 Å². The van der Waals surface area contributed by atoms with E-state index in [2.05, 4.69) is 0 Å². The van der Waals surface area contributed by atoms with Gasteiger partial charge in [-0.2, -0.15) is 0 Å². The third-order valence-electron chi connectivity index (χ3n) is 3.85. The van der Waals surface area contributed by atoms with Crippen LogP contribution in [0.5, 0.6) is 0 Å². The summed E-state index contributed by atoms with van der Waals surface area (Å²) in [5.74, 6) is 0. The Morgan fingerprint density at radius 3 is 2.23 bits per heavy atom. The molecule has 2 aliphatic heterocycles. The first-order valence-electron chi connectivity index (χ1n) is 7.58. The molecule has 0 aliphatic carbocycles.